The second kappa shape index (κ2) is 11.1. The van der Waals surface area contributed by atoms with Crippen LogP contribution in [0.2, 0.25) is 0 Å². The number of primary amides is 1. The minimum Gasteiger partial charge on any atom is -0.368 e. The molecule has 0 radical (unpaired) electrons. The average Bonchev–Trinajstić information content (AvgIpc) is 3.62. The number of amides is 4. The Labute approximate surface area is 227 Å². The molecule has 200 valence electrons. The van der Waals surface area contributed by atoms with Crippen molar-refractivity contribution < 1.29 is 23.6 Å². The summed E-state index contributed by atoms with van der Waals surface area (Å²) in [5.41, 5.74) is 7.49. The van der Waals surface area contributed by atoms with E-state index in [1.54, 1.807) is 23.7 Å². The van der Waals surface area contributed by atoms with Crippen LogP contribution < -0.4 is 11.1 Å². The molecule has 5 rings (SSSR count). The number of aromatic amines is 1. The largest absolute Gasteiger partial charge is 0.368 e. The zero-order chi connectivity index (χ0) is 27.5. The minimum absolute atomic E-state index is 0.0829. The number of halogens is 1. The van der Waals surface area contributed by atoms with Crippen LogP contribution in [0.4, 0.5) is 4.39 Å². The first kappa shape index (κ1) is 26.1. The maximum absolute atomic E-state index is 13.8. The molecule has 3 heterocycles. The summed E-state index contributed by atoms with van der Waals surface area (Å²) in [4.78, 5) is 58.9. The Morgan fingerprint density at radius 2 is 1.87 bits per heavy atom. The van der Waals surface area contributed by atoms with Crippen molar-refractivity contribution in [2.45, 2.75) is 18.5 Å². The molecule has 1 saturated heterocycles. The fourth-order valence-electron chi connectivity index (χ4n) is 4.79. The molecule has 2 atom stereocenters. The molecule has 4 amide bonds. The van der Waals surface area contributed by atoms with Crippen molar-refractivity contribution in [1.29, 1.82) is 0 Å². The molecular weight excluding hydrogens is 521 g/mol. The van der Waals surface area contributed by atoms with Gasteiger partial charge in [0, 0.05) is 42.2 Å². The average molecular weight is 548 g/mol. The van der Waals surface area contributed by atoms with Gasteiger partial charge in [-0.05, 0) is 41.3 Å². The van der Waals surface area contributed by atoms with Crippen LogP contribution in [0.1, 0.15) is 25.6 Å². The monoisotopic (exact) mass is 547 g/mol. The molecule has 1 aliphatic heterocycles. The van der Waals surface area contributed by atoms with Gasteiger partial charge in [-0.3, -0.25) is 19.2 Å². The van der Waals surface area contributed by atoms with E-state index in [9.17, 15) is 23.6 Å². The molecule has 0 spiro atoms. The predicted octanol–water partition coefficient (Wildman–Crippen LogP) is 2.55. The van der Waals surface area contributed by atoms with E-state index in [0.29, 0.717) is 4.88 Å². The summed E-state index contributed by atoms with van der Waals surface area (Å²) in [7, 11) is 0. The number of carbonyl (C=O) groups is 4. The number of carbonyl (C=O) groups excluding carboxylic acids is 4. The Hall–Kier alpha value is -4.51. The summed E-state index contributed by atoms with van der Waals surface area (Å²) < 4.78 is 13.8. The van der Waals surface area contributed by atoms with E-state index in [0.717, 1.165) is 22.5 Å². The van der Waals surface area contributed by atoms with Gasteiger partial charge in [-0.1, -0.05) is 30.3 Å². The summed E-state index contributed by atoms with van der Waals surface area (Å²) in [5, 5.41) is 5.37. The van der Waals surface area contributed by atoms with Gasteiger partial charge in [0.2, 0.25) is 11.8 Å². The van der Waals surface area contributed by atoms with Crippen LogP contribution >= 0.6 is 11.3 Å². The number of H-pyrrole nitrogens is 1. The van der Waals surface area contributed by atoms with Crippen molar-refractivity contribution in [2.75, 3.05) is 19.6 Å². The molecular formula is C28H26FN5O4S. The van der Waals surface area contributed by atoms with E-state index < -0.39 is 35.6 Å². The maximum Gasteiger partial charge on any atom is 0.264 e. The molecule has 11 heteroatoms. The summed E-state index contributed by atoms with van der Waals surface area (Å²) >= 11 is 1.24. The highest BCUT2D eigenvalue weighted by Gasteiger charge is 2.39. The van der Waals surface area contributed by atoms with Crippen LogP contribution in [-0.2, 0) is 16.0 Å². The highest BCUT2D eigenvalue weighted by atomic mass is 32.1. The number of hydrogen-bond acceptors (Lipinski definition) is 5. The topological polar surface area (TPSA) is 129 Å². The first-order valence-corrected chi connectivity index (χ1v) is 13.2. The number of aromatic nitrogens is 1. The molecule has 1 aliphatic rings. The number of piperazine rings is 1. The Morgan fingerprint density at radius 1 is 1.05 bits per heavy atom. The Bertz CT molecular complexity index is 1540. The third-order valence-electron chi connectivity index (χ3n) is 6.79. The lowest BCUT2D eigenvalue weighted by Gasteiger charge is -2.40. The molecule has 2 unspecified atom stereocenters. The molecule has 0 aliphatic carbocycles. The fourth-order valence-corrected chi connectivity index (χ4v) is 5.47. The van der Waals surface area contributed by atoms with Gasteiger partial charge in [0.25, 0.3) is 11.8 Å². The van der Waals surface area contributed by atoms with Gasteiger partial charge in [0.15, 0.2) is 0 Å². The number of nitrogens with two attached hydrogens (primary N) is 1. The summed E-state index contributed by atoms with van der Waals surface area (Å²) in [6.07, 6.45) is 1.90. The van der Waals surface area contributed by atoms with Crippen LogP contribution in [0.25, 0.3) is 10.9 Å². The third-order valence-corrected chi connectivity index (χ3v) is 7.65. The Morgan fingerprint density at radius 3 is 2.62 bits per heavy atom. The predicted molar refractivity (Wildman–Crippen MR) is 145 cm³/mol. The van der Waals surface area contributed by atoms with Crippen molar-refractivity contribution >= 4 is 45.9 Å². The van der Waals surface area contributed by atoms with Gasteiger partial charge in [-0.2, -0.15) is 0 Å². The van der Waals surface area contributed by atoms with E-state index in [-0.39, 0.29) is 37.5 Å². The van der Waals surface area contributed by atoms with E-state index in [4.69, 9.17) is 5.73 Å². The van der Waals surface area contributed by atoms with Crippen LogP contribution in [-0.4, -0.2) is 70.1 Å². The number of nitrogens with zero attached hydrogens (tertiary/aromatic N) is 2. The van der Waals surface area contributed by atoms with Gasteiger partial charge in [-0.15, -0.1) is 11.3 Å². The van der Waals surface area contributed by atoms with E-state index in [2.05, 4.69) is 10.3 Å². The first-order valence-electron chi connectivity index (χ1n) is 12.4. The molecule has 9 nitrogen and oxygen atoms in total. The lowest BCUT2D eigenvalue weighted by atomic mass is 10.0. The zero-order valence-electron chi connectivity index (χ0n) is 20.8. The number of benzene rings is 2. The summed E-state index contributed by atoms with van der Waals surface area (Å²) in [6.45, 7) is 0.112. The fraction of sp³-hybridized carbons (Fsp3) is 0.214. The molecule has 0 bridgehead atoms. The number of rotatable bonds is 7. The zero-order valence-corrected chi connectivity index (χ0v) is 21.6. The number of hydrogen-bond donors (Lipinski definition) is 3. The van der Waals surface area contributed by atoms with Crippen molar-refractivity contribution in [3.63, 3.8) is 0 Å². The van der Waals surface area contributed by atoms with Gasteiger partial charge in [-0.25, -0.2) is 4.39 Å². The van der Waals surface area contributed by atoms with Crippen molar-refractivity contribution in [3.05, 3.63) is 94.1 Å². The SMILES string of the molecule is NC(=O)C(Cc1c[nH]c2ccccc12)NC(=O)C1CN(C(=O)c2cccc(F)c2)CCN1C(=O)c1cccs1. The van der Waals surface area contributed by atoms with Crippen LogP contribution in [0.5, 0.6) is 0 Å². The second-order valence-electron chi connectivity index (χ2n) is 9.28. The molecule has 1 fully saturated rings. The molecule has 39 heavy (non-hydrogen) atoms. The molecule has 2 aromatic heterocycles. The second-order valence-corrected chi connectivity index (χ2v) is 10.2. The van der Waals surface area contributed by atoms with Gasteiger partial charge < -0.3 is 25.8 Å². The third kappa shape index (κ3) is 5.53. The quantitative estimate of drug-likeness (QED) is 0.329. The van der Waals surface area contributed by atoms with Crippen molar-refractivity contribution in [3.8, 4) is 0 Å². The molecule has 4 aromatic rings. The van der Waals surface area contributed by atoms with E-state index in [1.807, 2.05) is 24.3 Å². The van der Waals surface area contributed by atoms with Gasteiger partial charge in [0.05, 0.1) is 11.4 Å². The van der Waals surface area contributed by atoms with Crippen molar-refractivity contribution in [2.24, 2.45) is 5.73 Å². The van der Waals surface area contributed by atoms with E-state index >= 15 is 0 Å². The van der Waals surface area contributed by atoms with Crippen LogP contribution in [0, 0.1) is 5.82 Å². The smallest absolute Gasteiger partial charge is 0.264 e. The Kier molecular flexibility index (Phi) is 7.42. The number of nitrogens with one attached hydrogen (secondary N) is 2. The van der Waals surface area contributed by atoms with Crippen molar-refractivity contribution in [1.82, 2.24) is 20.1 Å². The lowest BCUT2D eigenvalue weighted by Crippen LogP contribution is -2.63. The highest BCUT2D eigenvalue weighted by Crippen LogP contribution is 2.22. The van der Waals surface area contributed by atoms with Crippen LogP contribution in [0.15, 0.2) is 72.2 Å². The highest BCUT2D eigenvalue weighted by molar-refractivity contribution is 7.12. The normalized spacial score (nSPS) is 16.2. The van der Waals surface area contributed by atoms with Gasteiger partial charge in [0.1, 0.15) is 17.9 Å². The minimum atomic E-state index is -1.09. The molecule has 2 aromatic carbocycles. The van der Waals surface area contributed by atoms with E-state index in [1.165, 1.54) is 39.3 Å². The van der Waals surface area contributed by atoms with Gasteiger partial charge >= 0.3 is 0 Å². The number of thiophene rings is 1. The summed E-state index contributed by atoms with van der Waals surface area (Å²) in [5.74, 6) is -2.70. The summed E-state index contributed by atoms with van der Waals surface area (Å²) in [6, 6.07) is 14.1. The number of para-hydroxylation sites is 1. The Balaban J connectivity index is 1.39. The molecule has 4 N–H and O–H groups in total. The maximum atomic E-state index is 13.8. The first-order chi connectivity index (χ1) is 18.8. The standard InChI is InChI=1S/C28H26FN5O4S/c29-19-6-3-5-17(13-19)27(37)33-10-11-34(28(38)24-9-4-12-39-24)23(16-33)26(36)32-22(25(30)35)14-18-15-31-21-8-2-1-7-20(18)21/h1-9,12-13,15,22-23,31H,10-11,14,16H2,(H2,30,35)(H,32,36). The van der Waals surface area contributed by atoms with Crippen LogP contribution in [0.3, 0.4) is 0 Å². The number of fused-ring (bicyclic) bond motifs is 1. The lowest BCUT2D eigenvalue weighted by molar-refractivity contribution is -0.131. The molecule has 0 saturated carbocycles.